The summed E-state index contributed by atoms with van der Waals surface area (Å²) < 4.78 is 1.34. The zero-order chi connectivity index (χ0) is 9.84. The van der Waals surface area contributed by atoms with Gasteiger partial charge in [0.15, 0.2) is 5.78 Å². The van der Waals surface area contributed by atoms with Crippen molar-refractivity contribution in [3.8, 4) is 0 Å². The first-order valence-electron chi connectivity index (χ1n) is 4.63. The molecule has 0 radical (unpaired) electrons. The number of ketones is 1. The van der Waals surface area contributed by atoms with Gasteiger partial charge in [0.05, 0.1) is 0 Å². The summed E-state index contributed by atoms with van der Waals surface area (Å²) in [5.41, 5.74) is 1.25. The third-order valence-electron chi connectivity index (χ3n) is 2.46. The van der Waals surface area contributed by atoms with Crippen LogP contribution in [0.1, 0.15) is 33.1 Å². The smallest absolute Gasteiger partial charge is 0.155 e. The van der Waals surface area contributed by atoms with Crippen LogP contribution in [0.4, 0.5) is 0 Å². The molecule has 0 amide bonds. The van der Waals surface area contributed by atoms with Gasteiger partial charge in [-0.05, 0) is 64.9 Å². The molecule has 1 nitrogen and oxygen atoms in total. The number of carbonyl (C=O) groups is 1. The van der Waals surface area contributed by atoms with Crippen molar-refractivity contribution in [3.63, 3.8) is 0 Å². The highest BCUT2D eigenvalue weighted by molar-refractivity contribution is 14.1. The van der Waals surface area contributed by atoms with E-state index in [1.54, 1.807) is 0 Å². The van der Waals surface area contributed by atoms with Crippen LogP contribution >= 0.6 is 22.6 Å². The van der Waals surface area contributed by atoms with Crippen molar-refractivity contribution >= 4 is 28.4 Å². The third-order valence-corrected chi connectivity index (χ3v) is 2.90. The van der Waals surface area contributed by atoms with Crippen molar-refractivity contribution in [2.24, 2.45) is 5.92 Å². The normalized spacial score (nSPS) is 24.5. The van der Waals surface area contributed by atoms with Crippen molar-refractivity contribution in [2.45, 2.75) is 33.1 Å². The molecular weight excluding hydrogens is 275 g/mol. The van der Waals surface area contributed by atoms with Crippen LogP contribution in [-0.2, 0) is 4.79 Å². The zero-order valence-corrected chi connectivity index (χ0v) is 10.3. The summed E-state index contributed by atoms with van der Waals surface area (Å²) in [4.78, 5) is 11.1. The van der Waals surface area contributed by atoms with Gasteiger partial charge in [0.25, 0.3) is 0 Å². The molecule has 0 aliphatic heterocycles. The first kappa shape index (κ1) is 11.0. The Hall–Kier alpha value is -0.120. The quantitative estimate of drug-likeness (QED) is 0.710. The fourth-order valence-corrected chi connectivity index (χ4v) is 1.85. The number of rotatable bonds is 2. The van der Waals surface area contributed by atoms with Gasteiger partial charge in [0.1, 0.15) is 0 Å². The molecular formula is C11H15IO. The summed E-state index contributed by atoms with van der Waals surface area (Å²) in [5.74, 6) is 0.895. The van der Waals surface area contributed by atoms with E-state index < -0.39 is 0 Å². The van der Waals surface area contributed by atoms with Crippen LogP contribution < -0.4 is 0 Å². The molecule has 0 spiro atoms. The Bertz CT molecular complexity index is 259. The number of hydrogen-bond donors (Lipinski definition) is 0. The lowest BCUT2D eigenvalue weighted by Crippen LogP contribution is -2.11. The second-order valence-corrected chi connectivity index (χ2v) is 5.32. The van der Waals surface area contributed by atoms with Gasteiger partial charge in [-0.2, -0.15) is 0 Å². The molecule has 1 rings (SSSR count). The summed E-state index contributed by atoms with van der Waals surface area (Å²) in [7, 11) is 0. The molecule has 1 aliphatic carbocycles. The van der Waals surface area contributed by atoms with E-state index in [-0.39, 0.29) is 0 Å². The van der Waals surface area contributed by atoms with E-state index in [0.717, 1.165) is 19.3 Å². The van der Waals surface area contributed by atoms with Crippen LogP contribution in [0.3, 0.4) is 0 Å². The number of carbonyl (C=O) groups excluding carboxylic acids is 1. The first-order chi connectivity index (χ1) is 6.09. The monoisotopic (exact) mass is 290 g/mol. The Morgan fingerprint density at radius 1 is 1.77 bits per heavy atom. The fourth-order valence-electron chi connectivity index (χ4n) is 1.60. The fraction of sp³-hybridized carbons (Fsp3) is 0.545. The molecule has 0 saturated heterocycles. The van der Waals surface area contributed by atoms with E-state index in [1.165, 1.54) is 9.15 Å². The molecule has 0 aromatic carbocycles. The van der Waals surface area contributed by atoms with Crippen LogP contribution in [0, 0.1) is 5.92 Å². The lowest BCUT2D eigenvalue weighted by atomic mass is 9.86. The molecule has 13 heavy (non-hydrogen) atoms. The Morgan fingerprint density at radius 2 is 2.46 bits per heavy atom. The van der Waals surface area contributed by atoms with Gasteiger partial charge in [-0.3, -0.25) is 4.79 Å². The topological polar surface area (TPSA) is 17.1 Å². The average Bonchev–Trinajstić information content (AvgIpc) is 2.02. The summed E-state index contributed by atoms with van der Waals surface area (Å²) in [6.45, 7) is 4.17. The van der Waals surface area contributed by atoms with E-state index in [0.29, 0.717) is 11.7 Å². The summed E-state index contributed by atoms with van der Waals surface area (Å²) in [5, 5.41) is 0. The van der Waals surface area contributed by atoms with Crippen molar-refractivity contribution in [1.29, 1.82) is 0 Å². The van der Waals surface area contributed by atoms with E-state index in [9.17, 15) is 4.79 Å². The SMILES string of the molecule is CC1=CC(=O)CCC1C/C=C(/C)I. The minimum absolute atomic E-state index is 0.295. The molecule has 2 heteroatoms. The molecule has 0 heterocycles. The van der Waals surface area contributed by atoms with Crippen molar-refractivity contribution in [1.82, 2.24) is 0 Å². The molecule has 1 unspecified atom stereocenters. The standard InChI is InChI=1S/C11H15IO/c1-8-7-11(13)6-5-10(8)4-3-9(2)12/h3,7,10H,4-6H2,1-2H3/b9-3-. The van der Waals surface area contributed by atoms with Gasteiger partial charge >= 0.3 is 0 Å². The van der Waals surface area contributed by atoms with Crippen LogP contribution in [0.2, 0.25) is 0 Å². The number of halogens is 1. The van der Waals surface area contributed by atoms with Crippen LogP contribution in [0.5, 0.6) is 0 Å². The van der Waals surface area contributed by atoms with Gasteiger partial charge in [-0.1, -0.05) is 11.6 Å². The highest BCUT2D eigenvalue weighted by Crippen LogP contribution is 2.26. The van der Waals surface area contributed by atoms with Gasteiger partial charge in [-0.15, -0.1) is 0 Å². The maximum Gasteiger partial charge on any atom is 0.155 e. The van der Waals surface area contributed by atoms with E-state index in [4.69, 9.17) is 0 Å². The molecule has 0 aromatic rings. The minimum atomic E-state index is 0.295. The molecule has 1 aliphatic rings. The zero-order valence-electron chi connectivity index (χ0n) is 8.14. The van der Waals surface area contributed by atoms with Gasteiger partial charge in [0, 0.05) is 6.42 Å². The number of allylic oxidation sites excluding steroid dienone is 4. The predicted octanol–water partition coefficient (Wildman–Crippen LogP) is 3.64. The Balaban J connectivity index is 2.57. The largest absolute Gasteiger partial charge is 0.295 e. The molecule has 0 bridgehead atoms. The third kappa shape index (κ3) is 3.63. The van der Waals surface area contributed by atoms with E-state index >= 15 is 0 Å². The second-order valence-electron chi connectivity index (χ2n) is 3.62. The van der Waals surface area contributed by atoms with Crippen LogP contribution in [-0.4, -0.2) is 5.78 Å². The van der Waals surface area contributed by atoms with E-state index in [1.807, 2.05) is 6.08 Å². The van der Waals surface area contributed by atoms with Crippen LogP contribution in [0.15, 0.2) is 21.3 Å². The van der Waals surface area contributed by atoms with Gasteiger partial charge < -0.3 is 0 Å². The Labute approximate surface area is 93.4 Å². The molecule has 1 atom stereocenters. The van der Waals surface area contributed by atoms with Crippen LogP contribution in [0.25, 0.3) is 0 Å². The lowest BCUT2D eigenvalue weighted by Gasteiger charge is -2.19. The van der Waals surface area contributed by atoms with E-state index in [2.05, 4.69) is 42.5 Å². The maximum absolute atomic E-state index is 11.1. The Morgan fingerprint density at radius 3 is 3.00 bits per heavy atom. The molecule has 72 valence electrons. The van der Waals surface area contributed by atoms with Crippen molar-refractivity contribution in [2.75, 3.05) is 0 Å². The lowest BCUT2D eigenvalue weighted by molar-refractivity contribution is -0.115. The van der Waals surface area contributed by atoms with Crippen molar-refractivity contribution < 1.29 is 4.79 Å². The molecule has 0 N–H and O–H groups in total. The Kier molecular flexibility index (Phi) is 4.16. The average molecular weight is 290 g/mol. The van der Waals surface area contributed by atoms with Gasteiger partial charge in [0.2, 0.25) is 0 Å². The molecule has 0 aromatic heterocycles. The van der Waals surface area contributed by atoms with Crippen molar-refractivity contribution in [3.05, 3.63) is 21.3 Å². The summed E-state index contributed by atoms with van der Waals surface area (Å²) >= 11 is 2.32. The second kappa shape index (κ2) is 4.94. The molecule has 0 saturated carbocycles. The number of hydrogen-bond acceptors (Lipinski definition) is 1. The minimum Gasteiger partial charge on any atom is -0.295 e. The molecule has 0 fully saturated rings. The highest BCUT2D eigenvalue weighted by Gasteiger charge is 2.16. The van der Waals surface area contributed by atoms with Gasteiger partial charge in [-0.25, -0.2) is 0 Å². The highest BCUT2D eigenvalue weighted by atomic mass is 127. The maximum atomic E-state index is 11.1. The predicted molar refractivity (Wildman–Crippen MR) is 63.9 cm³/mol. The first-order valence-corrected chi connectivity index (χ1v) is 5.70. The summed E-state index contributed by atoms with van der Waals surface area (Å²) in [6, 6.07) is 0. The summed E-state index contributed by atoms with van der Waals surface area (Å²) in [6.07, 6.45) is 6.91.